The molecule has 0 bridgehead atoms. The van der Waals surface area contributed by atoms with E-state index in [1.807, 2.05) is 0 Å². The highest BCUT2D eigenvalue weighted by Crippen LogP contribution is 2.30. The molecule has 7 heteroatoms. The molecular formula is C7H2Cl2F3NO. The van der Waals surface area contributed by atoms with Gasteiger partial charge in [0.2, 0.25) is 0 Å². The van der Waals surface area contributed by atoms with Crippen LogP contribution in [-0.4, -0.2) is 16.9 Å². The first-order valence-corrected chi connectivity index (χ1v) is 4.00. The number of nitrogens with zero attached hydrogens (tertiary/aromatic N) is 1. The second kappa shape index (κ2) is 3.74. The van der Waals surface area contributed by atoms with E-state index in [9.17, 15) is 18.0 Å². The Bertz CT molecular complexity index is 357. The zero-order valence-electron chi connectivity index (χ0n) is 6.40. The summed E-state index contributed by atoms with van der Waals surface area (Å²) < 4.78 is 36.0. The number of Topliss-reactive ketones (excluding diaryl/α,β-unsaturated/α-hetero) is 1. The molecule has 14 heavy (non-hydrogen) atoms. The Labute approximate surface area is 86.6 Å². The predicted molar refractivity (Wildman–Crippen MR) is 44.6 cm³/mol. The fourth-order valence-electron chi connectivity index (χ4n) is 0.770. The van der Waals surface area contributed by atoms with Crippen molar-refractivity contribution in [2.75, 3.05) is 0 Å². The molecule has 1 aromatic rings. The van der Waals surface area contributed by atoms with Gasteiger partial charge in [0.25, 0.3) is 5.78 Å². The highest BCUT2D eigenvalue weighted by atomic mass is 35.5. The number of hydrogen-bond acceptors (Lipinski definition) is 2. The van der Waals surface area contributed by atoms with Gasteiger partial charge in [-0.05, 0) is 0 Å². The molecule has 76 valence electrons. The Morgan fingerprint density at radius 1 is 1.21 bits per heavy atom. The van der Waals surface area contributed by atoms with E-state index in [4.69, 9.17) is 23.2 Å². The Morgan fingerprint density at radius 2 is 1.64 bits per heavy atom. The summed E-state index contributed by atoms with van der Waals surface area (Å²) >= 11 is 10.7. The molecule has 2 nitrogen and oxygen atoms in total. The quantitative estimate of drug-likeness (QED) is 0.710. The van der Waals surface area contributed by atoms with Gasteiger partial charge in [-0.15, -0.1) is 0 Å². The molecule has 1 rings (SSSR count). The van der Waals surface area contributed by atoms with E-state index in [1.165, 1.54) is 0 Å². The zero-order chi connectivity index (χ0) is 10.9. The molecule has 0 amide bonds. The van der Waals surface area contributed by atoms with Crippen LogP contribution in [0.15, 0.2) is 12.4 Å². The highest BCUT2D eigenvalue weighted by Gasteiger charge is 2.41. The summed E-state index contributed by atoms with van der Waals surface area (Å²) in [6.07, 6.45) is -3.15. The highest BCUT2D eigenvalue weighted by molar-refractivity contribution is 6.39. The van der Waals surface area contributed by atoms with Gasteiger partial charge in [0.1, 0.15) is 0 Å². The molecule has 0 aliphatic carbocycles. The monoisotopic (exact) mass is 243 g/mol. The van der Waals surface area contributed by atoms with Gasteiger partial charge in [-0.25, -0.2) is 0 Å². The first kappa shape index (κ1) is 11.3. The summed E-state index contributed by atoms with van der Waals surface area (Å²) in [7, 11) is 0. The van der Waals surface area contributed by atoms with E-state index >= 15 is 0 Å². The lowest BCUT2D eigenvalue weighted by atomic mass is 10.2. The fraction of sp³-hybridized carbons (Fsp3) is 0.143. The maximum absolute atomic E-state index is 12.0. The number of alkyl halides is 3. The summed E-state index contributed by atoms with van der Waals surface area (Å²) in [6, 6.07) is 0. The number of carbonyl (C=O) groups is 1. The van der Waals surface area contributed by atoms with Gasteiger partial charge in [-0.2, -0.15) is 13.2 Å². The first-order chi connectivity index (χ1) is 6.34. The standard InChI is InChI=1S/C7H2Cl2F3NO/c8-3-1-13-2-4(9)5(3)6(14)7(10,11)12/h1-2H. The number of rotatable bonds is 1. The average Bonchev–Trinajstić information content (AvgIpc) is 2.01. The molecule has 0 aliphatic heterocycles. The van der Waals surface area contributed by atoms with Crippen LogP contribution in [-0.2, 0) is 0 Å². The molecule has 1 aromatic heterocycles. The first-order valence-electron chi connectivity index (χ1n) is 3.24. The third kappa shape index (κ3) is 2.16. The van der Waals surface area contributed by atoms with Crippen molar-refractivity contribution in [3.8, 4) is 0 Å². The normalized spacial score (nSPS) is 11.5. The molecule has 0 spiro atoms. The largest absolute Gasteiger partial charge is 0.454 e. The molecule has 0 unspecified atom stereocenters. The van der Waals surface area contributed by atoms with Crippen molar-refractivity contribution in [1.29, 1.82) is 0 Å². The van der Waals surface area contributed by atoms with Gasteiger partial charge in [-0.3, -0.25) is 9.78 Å². The van der Waals surface area contributed by atoms with Crippen LogP contribution < -0.4 is 0 Å². The minimum Gasteiger partial charge on any atom is -0.284 e. The molecule has 1 heterocycles. The van der Waals surface area contributed by atoms with Crippen molar-refractivity contribution in [2.45, 2.75) is 6.18 Å². The molecule has 0 radical (unpaired) electrons. The number of carbonyl (C=O) groups excluding carboxylic acids is 1. The third-order valence-corrected chi connectivity index (χ3v) is 1.91. The van der Waals surface area contributed by atoms with Gasteiger partial charge < -0.3 is 0 Å². The van der Waals surface area contributed by atoms with Crippen LogP contribution in [0.25, 0.3) is 0 Å². The van der Waals surface area contributed by atoms with Crippen molar-refractivity contribution >= 4 is 29.0 Å². The second-order valence-corrected chi connectivity index (χ2v) is 3.12. The smallest absolute Gasteiger partial charge is 0.284 e. The van der Waals surface area contributed by atoms with Crippen molar-refractivity contribution in [1.82, 2.24) is 4.98 Å². The maximum atomic E-state index is 12.0. The number of halogens is 5. The van der Waals surface area contributed by atoms with Gasteiger partial charge in [0.05, 0.1) is 15.6 Å². The Balaban J connectivity index is 3.26. The van der Waals surface area contributed by atoms with E-state index in [2.05, 4.69) is 4.98 Å². The van der Waals surface area contributed by atoms with Crippen LogP contribution in [0.4, 0.5) is 13.2 Å². The second-order valence-electron chi connectivity index (χ2n) is 2.31. The lowest BCUT2D eigenvalue weighted by molar-refractivity contribution is -0.0885. The minimum absolute atomic E-state index is 0.417. The van der Waals surface area contributed by atoms with Crippen molar-refractivity contribution in [3.63, 3.8) is 0 Å². The SMILES string of the molecule is O=C(c1c(Cl)cncc1Cl)C(F)(F)F. The van der Waals surface area contributed by atoms with E-state index in [0.717, 1.165) is 12.4 Å². The van der Waals surface area contributed by atoms with Crippen molar-refractivity contribution in [3.05, 3.63) is 28.0 Å². The Kier molecular flexibility index (Phi) is 3.01. The van der Waals surface area contributed by atoms with Crippen molar-refractivity contribution in [2.24, 2.45) is 0 Å². The summed E-state index contributed by atoms with van der Waals surface area (Å²) in [4.78, 5) is 14.2. The molecular weight excluding hydrogens is 242 g/mol. The zero-order valence-corrected chi connectivity index (χ0v) is 7.91. The van der Waals surface area contributed by atoms with Gasteiger partial charge >= 0.3 is 6.18 Å². The molecule has 0 N–H and O–H groups in total. The number of ketones is 1. The van der Waals surface area contributed by atoms with Crippen LogP contribution in [0.1, 0.15) is 10.4 Å². The number of aromatic nitrogens is 1. The van der Waals surface area contributed by atoms with Crippen LogP contribution in [0.2, 0.25) is 10.0 Å². The lowest BCUT2D eigenvalue weighted by Crippen LogP contribution is -2.23. The summed E-state index contributed by atoms with van der Waals surface area (Å²) in [6.45, 7) is 0. The Hall–Kier alpha value is -0.810. The van der Waals surface area contributed by atoms with Gasteiger partial charge in [0.15, 0.2) is 0 Å². The van der Waals surface area contributed by atoms with Crippen LogP contribution in [0.3, 0.4) is 0 Å². The molecule has 0 saturated carbocycles. The molecule has 0 saturated heterocycles. The van der Waals surface area contributed by atoms with Crippen LogP contribution in [0.5, 0.6) is 0 Å². The third-order valence-electron chi connectivity index (χ3n) is 1.34. The predicted octanol–water partition coefficient (Wildman–Crippen LogP) is 3.13. The Morgan fingerprint density at radius 3 is 2.00 bits per heavy atom. The number of pyridine rings is 1. The summed E-state index contributed by atoms with van der Waals surface area (Å²) in [5.41, 5.74) is -0.768. The topological polar surface area (TPSA) is 30.0 Å². The maximum Gasteiger partial charge on any atom is 0.454 e. The number of hydrogen-bond donors (Lipinski definition) is 0. The van der Waals surface area contributed by atoms with E-state index in [0.29, 0.717) is 0 Å². The molecule has 0 aliphatic rings. The van der Waals surface area contributed by atoms with Gasteiger partial charge in [0, 0.05) is 12.4 Å². The summed E-state index contributed by atoms with van der Waals surface area (Å²) in [5, 5.41) is -0.834. The molecule has 0 fully saturated rings. The van der Waals surface area contributed by atoms with Crippen molar-refractivity contribution < 1.29 is 18.0 Å². The lowest BCUT2D eigenvalue weighted by Gasteiger charge is -2.07. The summed E-state index contributed by atoms with van der Waals surface area (Å²) in [5.74, 6) is -2.07. The van der Waals surface area contributed by atoms with Crippen LogP contribution in [0, 0.1) is 0 Å². The van der Waals surface area contributed by atoms with E-state index < -0.39 is 27.6 Å². The van der Waals surface area contributed by atoms with Crippen LogP contribution >= 0.6 is 23.2 Å². The fourth-order valence-corrected chi connectivity index (χ4v) is 1.31. The molecule has 0 atom stereocenters. The van der Waals surface area contributed by atoms with E-state index in [-0.39, 0.29) is 0 Å². The molecule has 0 aromatic carbocycles. The average molecular weight is 244 g/mol. The van der Waals surface area contributed by atoms with Gasteiger partial charge in [-0.1, -0.05) is 23.2 Å². The van der Waals surface area contributed by atoms with E-state index in [1.54, 1.807) is 0 Å². The minimum atomic E-state index is -4.99.